The number of aromatic amines is 1. The predicted molar refractivity (Wildman–Crippen MR) is 196 cm³/mol. The van der Waals surface area contributed by atoms with Gasteiger partial charge < -0.3 is 24.8 Å². The van der Waals surface area contributed by atoms with Crippen LogP contribution in [0.5, 0.6) is 5.88 Å². The SMILES string of the molecule is CO[C@@]1(C(=O)Nc2ccc3[nH]nc(-c4ccc(OC(C)C)nc4)c3c2)CCN(CC(=O)N2CC=C(c3ccc(-c4ncn(CCO)n4)c(F)c3)CC2)C1. The van der Waals surface area contributed by atoms with Gasteiger partial charge in [0.2, 0.25) is 11.8 Å². The third-order valence-electron chi connectivity index (χ3n) is 9.67. The van der Waals surface area contributed by atoms with Crippen LogP contribution in [-0.2, 0) is 20.9 Å². The predicted octanol–water partition coefficient (Wildman–Crippen LogP) is 4.15. The van der Waals surface area contributed by atoms with Crippen molar-refractivity contribution in [3.63, 3.8) is 0 Å². The molecule has 1 fully saturated rings. The number of aliphatic hydroxyl groups is 1. The average Bonchev–Trinajstić information content (AvgIpc) is 3.91. The number of carbonyl (C=O) groups is 2. The molecule has 2 aliphatic heterocycles. The van der Waals surface area contributed by atoms with Crippen LogP contribution in [-0.4, -0.2) is 115 Å². The van der Waals surface area contributed by atoms with Gasteiger partial charge in [-0.1, -0.05) is 12.1 Å². The van der Waals surface area contributed by atoms with Gasteiger partial charge >= 0.3 is 0 Å². The highest BCUT2D eigenvalue weighted by atomic mass is 19.1. The maximum atomic E-state index is 15.1. The summed E-state index contributed by atoms with van der Waals surface area (Å²) in [5.41, 5.74) is 3.79. The lowest BCUT2D eigenvalue weighted by atomic mass is 9.98. The van der Waals surface area contributed by atoms with Gasteiger partial charge in [-0.3, -0.25) is 24.3 Å². The van der Waals surface area contributed by atoms with E-state index in [4.69, 9.17) is 14.6 Å². The number of anilines is 1. The van der Waals surface area contributed by atoms with Crippen LogP contribution in [0.2, 0.25) is 0 Å². The summed E-state index contributed by atoms with van der Waals surface area (Å²) in [6.07, 6.45) is 6.15. The average molecular weight is 724 g/mol. The molecule has 2 aliphatic rings. The Bertz CT molecular complexity index is 2150. The first kappa shape index (κ1) is 35.9. The second-order valence-electron chi connectivity index (χ2n) is 13.6. The zero-order chi connectivity index (χ0) is 37.1. The van der Waals surface area contributed by atoms with Crippen LogP contribution in [0.1, 0.15) is 32.3 Å². The molecule has 15 heteroatoms. The molecule has 7 rings (SSSR count). The minimum absolute atomic E-state index is 0.0149. The molecule has 5 aromatic rings. The number of likely N-dealkylation sites (tertiary alicyclic amines) is 1. The molecule has 0 radical (unpaired) electrons. The molecule has 0 spiro atoms. The molecule has 2 aromatic carbocycles. The number of hydrogen-bond acceptors (Lipinski definition) is 10. The van der Waals surface area contributed by atoms with Crippen molar-refractivity contribution in [2.45, 2.75) is 44.9 Å². The monoisotopic (exact) mass is 723 g/mol. The van der Waals surface area contributed by atoms with Crippen LogP contribution in [0, 0.1) is 5.82 Å². The summed E-state index contributed by atoms with van der Waals surface area (Å²) in [4.78, 5) is 39.4. The van der Waals surface area contributed by atoms with E-state index in [9.17, 15) is 9.59 Å². The fourth-order valence-electron chi connectivity index (χ4n) is 6.80. The van der Waals surface area contributed by atoms with Crippen LogP contribution in [0.25, 0.3) is 39.1 Å². The van der Waals surface area contributed by atoms with Crippen molar-refractivity contribution in [2.24, 2.45) is 0 Å². The van der Waals surface area contributed by atoms with Gasteiger partial charge in [-0.15, -0.1) is 0 Å². The van der Waals surface area contributed by atoms with Gasteiger partial charge in [0.05, 0.1) is 36.9 Å². The Balaban J connectivity index is 0.952. The largest absolute Gasteiger partial charge is 0.475 e. The van der Waals surface area contributed by atoms with E-state index in [1.165, 1.54) is 24.2 Å². The molecule has 2 amide bonds. The Morgan fingerprint density at radius 3 is 2.66 bits per heavy atom. The maximum Gasteiger partial charge on any atom is 0.258 e. The van der Waals surface area contributed by atoms with Crippen LogP contribution in [0.15, 0.2) is 67.1 Å². The smallest absolute Gasteiger partial charge is 0.258 e. The summed E-state index contributed by atoms with van der Waals surface area (Å²) in [7, 11) is 1.52. The van der Waals surface area contributed by atoms with E-state index < -0.39 is 11.4 Å². The number of H-pyrrole nitrogens is 1. The fourth-order valence-corrected chi connectivity index (χ4v) is 6.80. The third kappa shape index (κ3) is 7.68. The molecule has 3 N–H and O–H groups in total. The Morgan fingerprint density at radius 2 is 1.94 bits per heavy atom. The molecule has 14 nitrogen and oxygen atoms in total. The van der Waals surface area contributed by atoms with E-state index in [1.54, 1.807) is 23.2 Å². The third-order valence-corrected chi connectivity index (χ3v) is 9.67. The van der Waals surface area contributed by atoms with Crippen molar-refractivity contribution in [1.29, 1.82) is 0 Å². The van der Waals surface area contributed by atoms with Gasteiger partial charge in [-0.25, -0.2) is 14.4 Å². The van der Waals surface area contributed by atoms with Crippen molar-refractivity contribution in [3.05, 3.63) is 78.5 Å². The molecule has 3 aromatic heterocycles. The molecule has 0 bridgehead atoms. The second-order valence-corrected chi connectivity index (χ2v) is 13.6. The number of nitrogens with zero attached hydrogens (tertiary/aromatic N) is 7. The molecule has 0 unspecified atom stereocenters. The minimum atomic E-state index is -1.12. The number of halogens is 1. The summed E-state index contributed by atoms with van der Waals surface area (Å²) >= 11 is 0. The van der Waals surface area contributed by atoms with Crippen LogP contribution >= 0.6 is 0 Å². The lowest BCUT2D eigenvalue weighted by Crippen LogP contribution is -2.48. The normalized spacial score (nSPS) is 17.8. The van der Waals surface area contributed by atoms with E-state index in [0.29, 0.717) is 49.7 Å². The zero-order valence-corrected chi connectivity index (χ0v) is 29.9. The quantitative estimate of drug-likeness (QED) is 0.171. The number of aromatic nitrogens is 6. The van der Waals surface area contributed by atoms with Crippen molar-refractivity contribution in [3.8, 4) is 28.5 Å². The van der Waals surface area contributed by atoms with Crippen LogP contribution in [0.3, 0.4) is 0 Å². The van der Waals surface area contributed by atoms with E-state index in [-0.39, 0.29) is 55.5 Å². The van der Waals surface area contributed by atoms with E-state index in [0.717, 1.165) is 27.6 Å². The number of methoxy groups -OCH3 is 1. The lowest BCUT2D eigenvalue weighted by molar-refractivity contribution is -0.138. The Kier molecular flexibility index (Phi) is 10.3. The molecule has 5 heterocycles. The van der Waals surface area contributed by atoms with Gasteiger partial charge in [0.1, 0.15) is 17.8 Å². The van der Waals surface area contributed by atoms with Crippen LogP contribution in [0.4, 0.5) is 10.1 Å². The summed E-state index contributed by atoms with van der Waals surface area (Å²) in [5.74, 6) is 0.0221. The van der Waals surface area contributed by atoms with Gasteiger partial charge in [0.15, 0.2) is 11.4 Å². The number of amides is 2. The molecule has 276 valence electrons. The number of benzene rings is 2. The minimum Gasteiger partial charge on any atom is -0.475 e. The molecule has 1 saturated heterocycles. The number of nitrogens with one attached hydrogen (secondary N) is 2. The first-order valence-electron chi connectivity index (χ1n) is 17.6. The van der Waals surface area contributed by atoms with Crippen molar-refractivity contribution < 1.29 is 28.6 Å². The van der Waals surface area contributed by atoms with Crippen molar-refractivity contribution in [1.82, 2.24) is 39.7 Å². The van der Waals surface area contributed by atoms with E-state index >= 15 is 4.39 Å². The fraction of sp³-hybridized carbons (Fsp3) is 0.368. The molecule has 0 saturated carbocycles. The van der Waals surface area contributed by atoms with Gasteiger partial charge in [-0.2, -0.15) is 10.2 Å². The Hall–Kier alpha value is -5.51. The van der Waals surface area contributed by atoms with Crippen LogP contribution < -0.4 is 10.1 Å². The van der Waals surface area contributed by atoms with Crippen molar-refractivity contribution in [2.75, 3.05) is 51.8 Å². The van der Waals surface area contributed by atoms with Gasteiger partial charge in [0.25, 0.3) is 5.91 Å². The highest BCUT2D eigenvalue weighted by molar-refractivity contribution is 6.01. The second kappa shape index (κ2) is 15.2. The first-order chi connectivity index (χ1) is 25.6. The number of hydrogen-bond donors (Lipinski definition) is 3. The summed E-state index contributed by atoms with van der Waals surface area (Å²) < 4.78 is 28.0. The number of pyridine rings is 1. The van der Waals surface area contributed by atoms with Gasteiger partial charge in [0, 0.05) is 62.2 Å². The maximum absolute atomic E-state index is 15.1. The van der Waals surface area contributed by atoms with E-state index in [1.807, 2.05) is 55.2 Å². The Labute approximate surface area is 305 Å². The standard InChI is InChI=1S/C38H42FN9O5/c1-24(2)53-33-9-5-27(20-40-33)35-30-19-28(6-8-32(30)43-44-35)42-37(51)38(52-3)12-15-46(22-38)21-34(50)47-13-10-25(11-14-47)26-4-7-29(31(39)18-26)36-41-23-48(45-36)16-17-49/h4-10,18-20,23-24,49H,11-17,21-22H2,1-3H3,(H,42,51)(H,43,44)/t38-/m0/s1. The molecule has 53 heavy (non-hydrogen) atoms. The lowest BCUT2D eigenvalue weighted by Gasteiger charge is -2.30. The zero-order valence-electron chi connectivity index (χ0n) is 29.9. The number of rotatable bonds is 12. The number of fused-ring (bicyclic) bond motifs is 1. The van der Waals surface area contributed by atoms with Gasteiger partial charge in [-0.05, 0) is 74.2 Å². The number of carbonyl (C=O) groups excluding carboxylic acids is 2. The number of aliphatic hydroxyl groups excluding tert-OH is 1. The summed E-state index contributed by atoms with van der Waals surface area (Å²) in [6.45, 7) is 5.93. The highest BCUT2D eigenvalue weighted by Crippen LogP contribution is 2.32. The summed E-state index contributed by atoms with van der Waals surface area (Å²) in [5, 5.41) is 24.7. The van der Waals surface area contributed by atoms with Crippen molar-refractivity contribution >= 4 is 34.0 Å². The Morgan fingerprint density at radius 1 is 1.09 bits per heavy atom. The van der Waals surface area contributed by atoms with E-state index in [2.05, 4.69) is 30.6 Å². The highest BCUT2D eigenvalue weighted by Gasteiger charge is 2.45. The molecule has 1 atom stereocenters. The summed E-state index contributed by atoms with van der Waals surface area (Å²) in [6, 6.07) is 14.2. The number of ether oxygens (including phenoxy) is 2. The molecular weight excluding hydrogens is 681 g/mol. The molecular formula is C38H42FN9O5. The first-order valence-corrected chi connectivity index (χ1v) is 17.6. The topological polar surface area (TPSA) is 164 Å². The molecule has 0 aliphatic carbocycles.